The van der Waals surface area contributed by atoms with Crippen molar-refractivity contribution in [2.75, 3.05) is 13.2 Å². The minimum atomic E-state index is -0.502. The van der Waals surface area contributed by atoms with Crippen LogP contribution in [0.1, 0.15) is 39.2 Å². The first kappa shape index (κ1) is 13.9. The number of ether oxygens (including phenoxy) is 1. The fraction of sp³-hybridized carbons (Fsp3) is 0.643. The molecule has 0 amide bonds. The zero-order chi connectivity index (χ0) is 14.5. The van der Waals surface area contributed by atoms with Gasteiger partial charge in [0.15, 0.2) is 0 Å². The highest BCUT2D eigenvalue weighted by molar-refractivity contribution is 6.62. The molecule has 0 radical (unpaired) electrons. The molecule has 0 aliphatic carbocycles. The summed E-state index contributed by atoms with van der Waals surface area (Å²) in [5.74, 6) is 0.306. The van der Waals surface area contributed by atoms with E-state index in [9.17, 15) is 4.79 Å². The van der Waals surface area contributed by atoms with Crippen molar-refractivity contribution in [1.29, 1.82) is 0 Å². The third kappa shape index (κ3) is 2.12. The van der Waals surface area contributed by atoms with Crippen LogP contribution in [0.25, 0.3) is 0 Å². The fourth-order valence-corrected chi connectivity index (χ4v) is 2.44. The number of hydrogen-bond acceptors (Lipinski definition) is 4. The summed E-state index contributed by atoms with van der Waals surface area (Å²) in [6.07, 6.45) is 1.76. The fourth-order valence-electron chi connectivity index (χ4n) is 2.44. The molecular weight excluding hydrogens is 257 g/mol. The van der Waals surface area contributed by atoms with Crippen LogP contribution >= 0.6 is 0 Å². The quantitative estimate of drug-likeness (QED) is 0.812. The largest absolute Gasteiger partial charge is 0.495 e. The minimum Gasteiger partial charge on any atom is -0.399 e. The molecular formula is C14H20BNO4. The van der Waals surface area contributed by atoms with Crippen LogP contribution in [-0.4, -0.2) is 36.5 Å². The van der Waals surface area contributed by atoms with Gasteiger partial charge in [0.2, 0.25) is 5.56 Å². The van der Waals surface area contributed by atoms with Crippen molar-refractivity contribution in [2.24, 2.45) is 0 Å². The number of rotatable bonds is 2. The predicted octanol–water partition coefficient (Wildman–Crippen LogP) is 0.788. The molecule has 0 bridgehead atoms. The van der Waals surface area contributed by atoms with Crippen LogP contribution in [0.15, 0.2) is 17.1 Å². The summed E-state index contributed by atoms with van der Waals surface area (Å²) in [6, 6.07) is 1.58. The third-order valence-electron chi connectivity index (χ3n) is 4.57. The topological polar surface area (TPSA) is 60.6 Å². The Morgan fingerprint density at radius 2 is 1.80 bits per heavy atom. The zero-order valence-corrected chi connectivity index (χ0v) is 12.4. The van der Waals surface area contributed by atoms with Crippen molar-refractivity contribution in [2.45, 2.75) is 44.8 Å². The molecule has 2 saturated heterocycles. The maximum atomic E-state index is 11.7. The lowest BCUT2D eigenvalue weighted by Crippen LogP contribution is -2.42. The van der Waals surface area contributed by atoms with Gasteiger partial charge in [-0.2, -0.15) is 0 Å². The molecule has 2 fully saturated rings. The maximum Gasteiger partial charge on any atom is 0.495 e. The van der Waals surface area contributed by atoms with Gasteiger partial charge in [-0.15, -0.1) is 0 Å². The number of nitrogens with one attached hydrogen (secondary N) is 1. The average molecular weight is 277 g/mol. The molecule has 0 spiro atoms. The lowest BCUT2D eigenvalue weighted by molar-refractivity contribution is 0.00578. The van der Waals surface area contributed by atoms with Gasteiger partial charge >= 0.3 is 7.12 Å². The van der Waals surface area contributed by atoms with Crippen LogP contribution in [0.4, 0.5) is 0 Å². The van der Waals surface area contributed by atoms with Gasteiger partial charge in [0.1, 0.15) is 0 Å². The van der Waals surface area contributed by atoms with E-state index >= 15 is 0 Å². The van der Waals surface area contributed by atoms with Gasteiger partial charge in [-0.1, -0.05) is 0 Å². The molecule has 2 aliphatic rings. The van der Waals surface area contributed by atoms with E-state index in [0.717, 1.165) is 11.0 Å². The Bertz CT molecular complexity index is 561. The molecule has 6 heteroatoms. The Kier molecular flexibility index (Phi) is 3.08. The molecule has 0 atom stereocenters. The monoisotopic (exact) mass is 277 g/mol. The van der Waals surface area contributed by atoms with Gasteiger partial charge in [0, 0.05) is 18.2 Å². The van der Waals surface area contributed by atoms with Crippen molar-refractivity contribution < 1.29 is 14.0 Å². The molecule has 1 N–H and O–H groups in total. The van der Waals surface area contributed by atoms with E-state index < -0.39 is 18.3 Å². The van der Waals surface area contributed by atoms with E-state index in [2.05, 4.69) is 4.98 Å². The van der Waals surface area contributed by atoms with Gasteiger partial charge in [0.05, 0.1) is 24.4 Å². The van der Waals surface area contributed by atoms with Crippen LogP contribution in [0.5, 0.6) is 0 Å². The number of H-pyrrole nitrogens is 1. The van der Waals surface area contributed by atoms with Crippen LogP contribution < -0.4 is 11.0 Å². The lowest BCUT2D eigenvalue weighted by atomic mass is 9.73. The first-order valence-electron chi connectivity index (χ1n) is 6.96. The molecule has 1 aromatic heterocycles. The van der Waals surface area contributed by atoms with Crippen LogP contribution in [0.3, 0.4) is 0 Å². The van der Waals surface area contributed by atoms with Crippen molar-refractivity contribution in [1.82, 2.24) is 4.98 Å². The average Bonchev–Trinajstić information content (AvgIpc) is 2.48. The van der Waals surface area contributed by atoms with Gasteiger partial charge in [-0.3, -0.25) is 4.79 Å². The molecule has 108 valence electrons. The number of aromatic amines is 1. The summed E-state index contributed by atoms with van der Waals surface area (Å²) >= 11 is 0. The van der Waals surface area contributed by atoms with Crippen molar-refractivity contribution in [3.05, 3.63) is 28.2 Å². The number of hydrogen-bond donors (Lipinski definition) is 1. The van der Waals surface area contributed by atoms with Gasteiger partial charge in [-0.25, -0.2) is 0 Å². The summed E-state index contributed by atoms with van der Waals surface area (Å²) in [5, 5.41) is 0. The molecule has 0 unspecified atom stereocenters. The minimum absolute atomic E-state index is 0.140. The van der Waals surface area contributed by atoms with E-state index in [0.29, 0.717) is 19.1 Å². The smallest absolute Gasteiger partial charge is 0.399 e. The predicted molar refractivity (Wildman–Crippen MR) is 76.3 cm³/mol. The molecule has 0 aromatic carbocycles. The first-order valence-corrected chi connectivity index (χ1v) is 6.96. The second-order valence-electron chi connectivity index (χ2n) is 6.53. The highest BCUT2D eigenvalue weighted by Crippen LogP contribution is 2.37. The Labute approximate surface area is 118 Å². The number of aromatic nitrogens is 1. The zero-order valence-electron chi connectivity index (χ0n) is 12.4. The summed E-state index contributed by atoms with van der Waals surface area (Å²) in [7, 11) is -0.502. The van der Waals surface area contributed by atoms with Gasteiger partial charge in [0.25, 0.3) is 0 Å². The van der Waals surface area contributed by atoms with Gasteiger partial charge < -0.3 is 19.0 Å². The summed E-state index contributed by atoms with van der Waals surface area (Å²) in [6.45, 7) is 9.38. The Balaban J connectivity index is 1.98. The van der Waals surface area contributed by atoms with E-state index in [-0.39, 0.29) is 5.56 Å². The molecule has 3 heterocycles. The molecule has 5 nitrogen and oxygen atoms in total. The number of pyridine rings is 1. The molecule has 2 aliphatic heterocycles. The van der Waals surface area contributed by atoms with Crippen molar-refractivity contribution >= 4 is 12.6 Å². The Hall–Kier alpha value is -1.11. The maximum absolute atomic E-state index is 11.7. The van der Waals surface area contributed by atoms with Crippen molar-refractivity contribution in [3.63, 3.8) is 0 Å². The molecule has 0 saturated carbocycles. The highest BCUT2D eigenvalue weighted by Gasteiger charge is 2.52. The third-order valence-corrected chi connectivity index (χ3v) is 4.57. The van der Waals surface area contributed by atoms with E-state index in [1.54, 1.807) is 12.3 Å². The summed E-state index contributed by atoms with van der Waals surface area (Å²) in [4.78, 5) is 14.4. The normalized spacial score (nSPS) is 24.7. The second-order valence-corrected chi connectivity index (χ2v) is 6.53. The highest BCUT2D eigenvalue weighted by atomic mass is 16.7. The molecule has 1 aromatic rings. The van der Waals surface area contributed by atoms with E-state index in [1.807, 2.05) is 27.7 Å². The van der Waals surface area contributed by atoms with Crippen LogP contribution in [0, 0.1) is 0 Å². The standard InChI is InChI=1S/C14H20BNO4/c1-13(2)14(3,4)20-15(19-13)11-5-12(17)16-6-10(11)9-7-18-8-9/h5-6,9H,7-8H2,1-4H3,(H,16,17). The molecule has 20 heavy (non-hydrogen) atoms. The lowest BCUT2D eigenvalue weighted by Gasteiger charge is -2.32. The van der Waals surface area contributed by atoms with Gasteiger partial charge in [-0.05, 0) is 38.7 Å². The van der Waals surface area contributed by atoms with Crippen LogP contribution in [-0.2, 0) is 14.0 Å². The van der Waals surface area contributed by atoms with Crippen LogP contribution in [0.2, 0.25) is 0 Å². The van der Waals surface area contributed by atoms with E-state index in [1.165, 1.54) is 0 Å². The van der Waals surface area contributed by atoms with Crippen molar-refractivity contribution in [3.8, 4) is 0 Å². The summed E-state index contributed by atoms with van der Waals surface area (Å²) in [5.41, 5.74) is 0.912. The molecule has 3 rings (SSSR count). The Morgan fingerprint density at radius 3 is 2.30 bits per heavy atom. The Morgan fingerprint density at radius 1 is 1.20 bits per heavy atom. The van der Waals surface area contributed by atoms with E-state index in [4.69, 9.17) is 14.0 Å². The second kappa shape index (κ2) is 4.45. The first-order chi connectivity index (χ1) is 9.30. The SMILES string of the molecule is CC1(C)OB(c2cc(=O)[nH]cc2C2COC2)OC1(C)C. The summed E-state index contributed by atoms with van der Waals surface area (Å²) < 4.78 is 17.3.